The van der Waals surface area contributed by atoms with Crippen LogP contribution in [0.15, 0.2) is 41.6 Å². The van der Waals surface area contributed by atoms with E-state index in [9.17, 15) is 14.7 Å². The first-order chi connectivity index (χ1) is 26.1. The van der Waals surface area contributed by atoms with E-state index in [1.54, 1.807) is 13.8 Å². The fourth-order valence-corrected chi connectivity index (χ4v) is 9.33. The van der Waals surface area contributed by atoms with Crippen molar-refractivity contribution in [2.45, 2.75) is 141 Å². The van der Waals surface area contributed by atoms with Crippen LogP contribution in [-0.4, -0.2) is 120 Å². The van der Waals surface area contributed by atoms with Gasteiger partial charge in [0, 0.05) is 23.3 Å². The molecule has 3 unspecified atom stereocenters. The third kappa shape index (κ3) is 8.49. The molecular weight excluding hydrogens is 706 g/mol. The minimum absolute atomic E-state index is 0.00853. The standard InChI is InChI=1S/C42H61N3O10/c1-11-33-42(8)37(47)25(4)35(55-42)23(2)19-41(7)38(54-40-34(46)32(45(9)10)18-24(3)52-40)26(5)36(27(6)39(48)53-33)49-20-30(21-50-41)44-51-22-29-17-16-28-14-12-13-15-31(28)43-29/h12-17,23-27,32-36,38,40,46H,11,18-22H2,1-10H3/b44-30+/t23-,24-,25?,26-,27-,32+,33-,34-,35?,36+,38-,40+,41-,42?/m1/s1. The van der Waals surface area contributed by atoms with E-state index in [1.165, 1.54) is 0 Å². The van der Waals surface area contributed by atoms with Crippen molar-refractivity contribution in [2.75, 3.05) is 27.3 Å². The summed E-state index contributed by atoms with van der Waals surface area (Å²) in [4.78, 5) is 40.7. The van der Waals surface area contributed by atoms with Crippen LogP contribution in [0.5, 0.6) is 0 Å². The number of ketones is 1. The van der Waals surface area contributed by atoms with Gasteiger partial charge in [-0.25, -0.2) is 4.98 Å². The number of Topliss-reactive ketones (excluding diaryl/α,β-unsaturated/α-hetero) is 1. The molecule has 4 aliphatic heterocycles. The van der Waals surface area contributed by atoms with E-state index in [2.05, 4.69) is 12.1 Å². The number of likely N-dealkylation sites (N-methyl/N-ethyl adjacent to an activating group) is 1. The Morgan fingerprint density at radius 3 is 2.47 bits per heavy atom. The Morgan fingerprint density at radius 1 is 1.00 bits per heavy atom. The molecule has 0 spiro atoms. The number of aliphatic hydroxyl groups is 1. The number of hydrogen-bond acceptors (Lipinski definition) is 13. The van der Waals surface area contributed by atoms with Crippen molar-refractivity contribution >= 4 is 28.4 Å². The summed E-state index contributed by atoms with van der Waals surface area (Å²) >= 11 is 0. The zero-order valence-electron chi connectivity index (χ0n) is 34.1. The number of ether oxygens (including phenoxy) is 6. The SMILES string of the molecule is CC[C@H]1OC(=O)[C@H](C)[C@H]2OC/C(=N\OCc3ccc4ccccc4n3)CO[C@](C)(C[C@@H](C)C3OC1(C)C(=O)C3C)[C@H](O[C@@H]1O[C@H](C)C[C@H](N(C)C)[C@H]1O)[C@@H]2C. The zero-order valence-corrected chi connectivity index (χ0v) is 34.1. The Kier molecular flexibility index (Phi) is 12.7. The van der Waals surface area contributed by atoms with Crippen molar-refractivity contribution in [2.24, 2.45) is 28.8 Å². The summed E-state index contributed by atoms with van der Waals surface area (Å²) in [5, 5.41) is 17.2. The topological polar surface area (TPSA) is 147 Å². The van der Waals surface area contributed by atoms with Crippen LogP contribution in [0.3, 0.4) is 0 Å². The lowest BCUT2D eigenvalue weighted by atomic mass is 9.75. The van der Waals surface area contributed by atoms with Gasteiger partial charge in [-0.15, -0.1) is 0 Å². The number of benzene rings is 1. The van der Waals surface area contributed by atoms with Crippen LogP contribution in [0.4, 0.5) is 0 Å². The molecule has 5 heterocycles. The third-order valence-corrected chi connectivity index (χ3v) is 12.4. The van der Waals surface area contributed by atoms with Gasteiger partial charge in [0.25, 0.3) is 0 Å². The third-order valence-electron chi connectivity index (χ3n) is 12.4. The number of aromatic nitrogens is 1. The van der Waals surface area contributed by atoms with E-state index in [0.29, 0.717) is 30.7 Å². The molecule has 13 heteroatoms. The monoisotopic (exact) mass is 767 g/mol. The molecule has 4 aliphatic rings. The smallest absolute Gasteiger partial charge is 0.311 e. The molecule has 1 aromatic carbocycles. The number of fused-ring (bicyclic) bond motifs is 6. The summed E-state index contributed by atoms with van der Waals surface area (Å²) in [5.41, 5.74) is -0.350. The second-order valence-corrected chi connectivity index (χ2v) is 16.9. The van der Waals surface area contributed by atoms with Crippen LogP contribution >= 0.6 is 0 Å². The van der Waals surface area contributed by atoms with E-state index < -0.39 is 71.7 Å². The number of esters is 1. The number of nitrogens with zero attached hydrogens (tertiary/aromatic N) is 3. The maximum Gasteiger partial charge on any atom is 0.311 e. The van der Waals surface area contributed by atoms with Gasteiger partial charge in [0.15, 0.2) is 24.3 Å². The molecule has 4 saturated heterocycles. The largest absolute Gasteiger partial charge is 0.459 e. The highest BCUT2D eigenvalue weighted by Gasteiger charge is 2.58. The van der Waals surface area contributed by atoms with E-state index >= 15 is 0 Å². The van der Waals surface area contributed by atoms with Crippen molar-refractivity contribution in [3.63, 3.8) is 0 Å². The quantitative estimate of drug-likeness (QED) is 0.296. The second kappa shape index (κ2) is 16.8. The fourth-order valence-electron chi connectivity index (χ4n) is 9.33. The van der Waals surface area contributed by atoms with E-state index in [0.717, 1.165) is 10.9 Å². The van der Waals surface area contributed by atoms with E-state index in [-0.39, 0.29) is 43.7 Å². The maximum absolute atomic E-state index is 14.2. The normalized spacial score (nSPS) is 41.2. The molecule has 0 radical (unpaired) electrons. The first-order valence-corrected chi connectivity index (χ1v) is 19.9. The molecular formula is C42H61N3O10. The average molecular weight is 768 g/mol. The predicted molar refractivity (Wildman–Crippen MR) is 205 cm³/mol. The minimum Gasteiger partial charge on any atom is -0.459 e. The molecule has 14 atom stereocenters. The van der Waals surface area contributed by atoms with Crippen LogP contribution in [0.25, 0.3) is 10.9 Å². The summed E-state index contributed by atoms with van der Waals surface area (Å²) in [7, 11) is 3.86. The van der Waals surface area contributed by atoms with Gasteiger partial charge in [-0.2, -0.15) is 0 Å². The number of aliphatic hydroxyl groups excluding tert-OH is 1. The average Bonchev–Trinajstić information content (AvgIpc) is 3.41. The molecule has 4 fully saturated rings. The Balaban J connectivity index is 1.39. The molecule has 6 rings (SSSR count). The Morgan fingerprint density at radius 2 is 1.75 bits per heavy atom. The lowest BCUT2D eigenvalue weighted by Gasteiger charge is -2.48. The van der Waals surface area contributed by atoms with Gasteiger partial charge >= 0.3 is 5.97 Å². The van der Waals surface area contributed by atoms with Gasteiger partial charge < -0.3 is 43.3 Å². The van der Waals surface area contributed by atoms with Gasteiger partial charge in [0.2, 0.25) is 0 Å². The number of rotatable bonds is 7. The molecule has 0 amide bonds. The minimum atomic E-state index is -1.31. The van der Waals surface area contributed by atoms with Gasteiger partial charge in [-0.1, -0.05) is 57.1 Å². The first kappa shape index (κ1) is 41.6. The number of carbonyl (C=O) groups excluding carboxylic acids is 2. The number of para-hydroxylation sites is 1. The molecule has 304 valence electrons. The molecule has 1 aromatic heterocycles. The van der Waals surface area contributed by atoms with Gasteiger partial charge in [0.05, 0.1) is 60.4 Å². The summed E-state index contributed by atoms with van der Waals surface area (Å²) in [5.74, 6) is -2.57. The molecule has 2 aromatic rings. The number of oxime groups is 1. The zero-order chi connectivity index (χ0) is 39.8. The predicted octanol–water partition coefficient (Wildman–Crippen LogP) is 5.09. The van der Waals surface area contributed by atoms with Gasteiger partial charge in [0.1, 0.15) is 17.9 Å². The van der Waals surface area contributed by atoms with Crippen LogP contribution in [0, 0.1) is 23.7 Å². The maximum atomic E-state index is 14.2. The second-order valence-electron chi connectivity index (χ2n) is 16.9. The Labute approximate surface area is 325 Å². The number of pyridine rings is 1. The van der Waals surface area contributed by atoms with Gasteiger partial charge in [-0.3, -0.25) is 9.59 Å². The Hall–Kier alpha value is -3.04. The molecule has 4 bridgehead atoms. The Bertz CT molecular complexity index is 1710. The summed E-state index contributed by atoms with van der Waals surface area (Å²) in [6, 6.07) is 11.6. The highest BCUT2D eigenvalue weighted by molar-refractivity contribution is 5.92. The van der Waals surface area contributed by atoms with E-state index in [1.807, 2.05) is 90.0 Å². The van der Waals surface area contributed by atoms with Crippen LogP contribution in [0.1, 0.15) is 80.3 Å². The number of hydrogen-bond donors (Lipinski definition) is 1. The molecule has 0 aliphatic carbocycles. The lowest BCUT2D eigenvalue weighted by Crippen LogP contribution is -2.59. The van der Waals surface area contributed by atoms with Gasteiger partial charge in [-0.05, 0) is 79.1 Å². The van der Waals surface area contributed by atoms with Crippen molar-refractivity contribution < 1.29 is 48.0 Å². The molecule has 1 N–H and O–H groups in total. The summed E-state index contributed by atoms with van der Waals surface area (Å²) in [6.45, 7) is 15.4. The lowest BCUT2D eigenvalue weighted by molar-refractivity contribution is -0.302. The van der Waals surface area contributed by atoms with Crippen molar-refractivity contribution in [3.8, 4) is 0 Å². The van der Waals surface area contributed by atoms with Crippen LogP contribution in [-0.2, 0) is 49.5 Å². The molecule has 13 nitrogen and oxygen atoms in total. The number of carbonyl (C=O) groups is 2. The summed E-state index contributed by atoms with van der Waals surface area (Å²) in [6.07, 6.45) is -3.54. The molecule has 0 saturated carbocycles. The van der Waals surface area contributed by atoms with Crippen molar-refractivity contribution in [3.05, 3.63) is 42.1 Å². The highest BCUT2D eigenvalue weighted by atomic mass is 16.7. The van der Waals surface area contributed by atoms with Crippen molar-refractivity contribution in [1.29, 1.82) is 0 Å². The van der Waals surface area contributed by atoms with E-state index in [4.69, 9.17) is 38.2 Å². The van der Waals surface area contributed by atoms with Crippen LogP contribution < -0.4 is 0 Å². The number of cyclic esters (lactones) is 1. The molecule has 55 heavy (non-hydrogen) atoms. The fraction of sp³-hybridized carbons (Fsp3) is 0.714. The highest BCUT2D eigenvalue weighted by Crippen LogP contribution is 2.45. The van der Waals surface area contributed by atoms with Crippen LogP contribution in [0.2, 0.25) is 0 Å². The first-order valence-electron chi connectivity index (χ1n) is 19.9. The van der Waals surface area contributed by atoms with Crippen molar-refractivity contribution in [1.82, 2.24) is 9.88 Å². The summed E-state index contributed by atoms with van der Waals surface area (Å²) < 4.78 is 39.7.